The van der Waals surface area contributed by atoms with Crippen LogP contribution in [0.5, 0.6) is 5.75 Å². The zero-order valence-electron chi connectivity index (χ0n) is 18.4. The molecule has 1 atom stereocenters. The fourth-order valence-corrected chi connectivity index (χ4v) is 4.39. The summed E-state index contributed by atoms with van der Waals surface area (Å²) in [5.74, 6) is 0.337. The number of carbonyl (C=O) groups is 2. The van der Waals surface area contributed by atoms with Crippen LogP contribution < -0.4 is 10.1 Å². The predicted molar refractivity (Wildman–Crippen MR) is 124 cm³/mol. The van der Waals surface area contributed by atoms with Gasteiger partial charge < -0.3 is 15.0 Å². The Labute approximate surface area is 187 Å². The highest BCUT2D eigenvalue weighted by Crippen LogP contribution is 2.41. The number of hydrogen-bond donors (Lipinski definition) is 1. The third-order valence-electron chi connectivity index (χ3n) is 5.94. The summed E-state index contributed by atoms with van der Waals surface area (Å²) in [7, 11) is 4.05. The van der Waals surface area contributed by atoms with Crippen molar-refractivity contribution in [2.75, 3.05) is 27.2 Å². The van der Waals surface area contributed by atoms with Gasteiger partial charge >= 0.3 is 0 Å². The predicted octanol–water partition coefficient (Wildman–Crippen LogP) is 3.64. The normalized spacial score (nSPS) is 18.8. The number of allylic oxidation sites excluding steroid dienone is 1. The van der Waals surface area contributed by atoms with Gasteiger partial charge in [-0.3, -0.25) is 9.59 Å². The number of nitrogens with one attached hydrogen (secondary N) is 1. The van der Waals surface area contributed by atoms with Crippen molar-refractivity contribution in [2.24, 2.45) is 4.99 Å². The zero-order chi connectivity index (χ0) is 22.4. The summed E-state index contributed by atoms with van der Waals surface area (Å²) in [5.41, 5.74) is 4.48. The van der Waals surface area contributed by atoms with Crippen LogP contribution in [0.2, 0.25) is 0 Å². The minimum atomic E-state index is -0.526. The van der Waals surface area contributed by atoms with Crippen LogP contribution >= 0.6 is 0 Å². The molecule has 0 spiro atoms. The Morgan fingerprint density at radius 1 is 1.03 bits per heavy atom. The van der Waals surface area contributed by atoms with Crippen molar-refractivity contribution in [3.63, 3.8) is 0 Å². The van der Waals surface area contributed by atoms with E-state index in [1.165, 1.54) is 0 Å². The van der Waals surface area contributed by atoms with Gasteiger partial charge in [0.25, 0.3) is 0 Å². The number of aliphatic imine (C=N–C) groups is 1. The van der Waals surface area contributed by atoms with Crippen LogP contribution in [0, 0.1) is 6.92 Å². The second kappa shape index (κ2) is 7.88. The lowest BCUT2D eigenvalue weighted by Gasteiger charge is -2.33. The molecule has 6 heteroatoms. The lowest BCUT2D eigenvalue weighted by molar-refractivity contribution is 0.0978. The van der Waals surface area contributed by atoms with Gasteiger partial charge in [0, 0.05) is 23.4 Å². The van der Waals surface area contributed by atoms with Crippen molar-refractivity contribution in [1.29, 1.82) is 0 Å². The Kier molecular flexibility index (Phi) is 5.02. The highest BCUT2D eigenvalue weighted by molar-refractivity contribution is 6.40. The van der Waals surface area contributed by atoms with E-state index in [0.717, 1.165) is 18.5 Å². The Morgan fingerprint density at radius 3 is 2.47 bits per heavy atom. The third kappa shape index (κ3) is 3.37. The smallest absolute Gasteiger partial charge is 0.196 e. The minimum absolute atomic E-state index is 0.155. The summed E-state index contributed by atoms with van der Waals surface area (Å²) in [6, 6.07) is 12.8. The van der Waals surface area contributed by atoms with Crippen molar-refractivity contribution in [3.8, 4) is 5.75 Å². The molecule has 32 heavy (non-hydrogen) atoms. The number of aryl methyl sites for hydroxylation is 1. The van der Waals surface area contributed by atoms with Gasteiger partial charge in [0.05, 0.1) is 16.9 Å². The van der Waals surface area contributed by atoms with Gasteiger partial charge in [-0.2, -0.15) is 0 Å². The molecule has 0 aromatic heterocycles. The molecule has 162 valence electrons. The fraction of sp³-hybridized carbons (Fsp3) is 0.269. The van der Waals surface area contributed by atoms with Crippen molar-refractivity contribution < 1.29 is 14.3 Å². The molecule has 2 aromatic rings. The molecule has 1 aliphatic heterocycles. The topological polar surface area (TPSA) is 71.0 Å². The molecule has 2 aromatic carbocycles. The second-order valence-electron chi connectivity index (χ2n) is 8.62. The SMILES string of the molecule is Cc1ccc2c(c1)N=C1C3=C(C(=O)c4ccccc4C3=O)C(NCCCN(C)C)=CC1O2. The van der Waals surface area contributed by atoms with E-state index in [1.54, 1.807) is 24.3 Å². The number of benzene rings is 2. The number of carbonyl (C=O) groups excluding carboxylic acids is 2. The first-order valence-corrected chi connectivity index (χ1v) is 10.8. The maximum absolute atomic E-state index is 13.6. The zero-order valence-corrected chi connectivity index (χ0v) is 18.4. The Morgan fingerprint density at radius 2 is 1.75 bits per heavy atom. The molecule has 1 unspecified atom stereocenters. The van der Waals surface area contributed by atoms with Gasteiger partial charge in [-0.15, -0.1) is 0 Å². The van der Waals surface area contributed by atoms with E-state index in [-0.39, 0.29) is 11.6 Å². The highest BCUT2D eigenvalue weighted by atomic mass is 16.5. The van der Waals surface area contributed by atoms with Gasteiger partial charge in [0.1, 0.15) is 11.4 Å². The minimum Gasteiger partial charge on any atom is -0.478 e. The molecule has 0 amide bonds. The first-order chi connectivity index (χ1) is 15.4. The Bertz CT molecular complexity index is 1240. The molecule has 5 rings (SSSR count). The van der Waals surface area contributed by atoms with Gasteiger partial charge in [0.15, 0.2) is 17.7 Å². The number of hydrogen-bond acceptors (Lipinski definition) is 6. The van der Waals surface area contributed by atoms with Gasteiger partial charge in [-0.1, -0.05) is 30.3 Å². The summed E-state index contributed by atoms with van der Waals surface area (Å²) in [6.45, 7) is 3.58. The van der Waals surface area contributed by atoms with Crippen molar-refractivity contribution in [1.82, 2.24) is 10.2 Å². The van der Waals surface area contributed by atoms with E-state index < -0.39 is 6.10 Å². The summed E-state index contributed by atoms with van der Waals surface area (Å²) in [5, 5.41) is 3.39. The van der Waals surface area contributed by atoms with Crippen LogP contribution in [0.3, 0.4) is 0 Å². The molecule has 0 bridgehead atoms. The van der Waals surface area contributed by atoms with Crippen LogP contribution in [-0.2, 0) is 0 Å². The quantitative estimate of drug-likeness (QED) is 0.738. The largest absolute Gasteiger partial charge is 0.478 e. The van der Waals surface area contributed by atoms with Crippen molar-refractivity contribution >= 4 is 23.0 Å². The van der Waals surface area contributed by atoms with Crippen LogP contribution in [-0.4, -0.2) is 55.5 Å². The number of rotatable bonds is 5. The standard InChI is InChI=1S/C26H25N3O3/c1-15-9-10-20-18(13-15)28-24-21(32-20)14-19(27-11-6-12-29(2)3)22-23(24)26(31)17-8-5-4-7-16(17)25(22)30/h4-5,7-10,13-14,21,27H,6,11-12H2,1-3H3. The Balaban J connectivity index is 1.62. The molecular formula is C26H25N3O3. The first kappa shape index (κ1) is 20.4. The molecule has 0 saturated heterocycles. The number of fused-ring (bicyclic) bond motifs is 4. The average Bonchev–Trinajstić information content (AvgIpc) is 2.78. The molecule has 2 aliphatic carbocycles. The molecule has 3 aliphatic rings. The van der Waals surface area contributed by atoms with Gasteiger partial charge in [-0.05, 0) is 57.8 Å². The monoisotopic (exact) mass is 427 g/mol. The molecule has 0 saturated carbocycles. The van der Waals surface area contributed by atoms with Crippen LogP contribution in [0.1, 0.15) is 32.7 Å². The number of ketones is 2. The highest BCUT2D eigenvalue weighted by Gasteiger charge is 2.42. The van der Waals surface area contributed by atoms with Crippen molar-refractivity contribution in [3.05, 3.63) is 82.1 Å². The maximum Gasteiger partial charge on any atom is 0.196 e. The van der Waals surface area contributed by atoms with E-state index in [0.29, 0.717) is 51.7 Å². The summed E-state index contributed by atoms with van der Waals surface area (Å²) in [6.07, 6.45) is 2.26. The summed E-state index contributed by atoms with van der Waals surface area (Å²) >= 11 is 0. The lowest BCUT2D eigenvalue weighted by atomic mass is 9.76. The molecular weight excluding hydrogens is 402 g/mol. The lowest BCUT2D eigenvalue weighted by Crippen LogP contribution is -2.42. The van der Waals surface area contributed by atoms with Gasteiger partial charge in [0.2, 0.25) is 0 Å². The van der Waals surface area contributed by atoms with Gasteiger partial charge in [-0.25, -0.2) is 4.99 Å². The van der Waals surface area contributed by atoms with E-state index in [2.05, 4.69) is 10.2 Å². The molecule has 0 radical (unpaired) electrons. The summed E-state index contributed by atoms with van der Waals surface area (Å²) < 4.78 is 6.23. The van der Waals surface area contributed by atoms with Crippen LogP contribution in [0.4, 0.5) is 5.69 Å². The maximum atomic E-state index is 13.6. The number of ether oxygens (including phenoxy) is 1. The van der Waals surface area contributed by atoms with Crippen molar-refractivity contribution in [2.45, 2.75) is 19.4 Å². The summed E-state index contributed by atoms with van der Waals surface area (Å²) in [4.78, 5) is 34.0. The third-order valence-corrected chi connectivity index (χ3v) is 5.94. The number of Topliss-reactive ketones (excluding diaryl/α,β-unsaturated/α-hetero) is 2. The molecule has 0 fully saturated rings. The fourth-order valence-electron chi connectivity index (χ4n) is 4.39. The van der Waals surface area contributed by atoms with Crippen LogP contribution in [0.25, 0.3) is 0 Å². The Hall–Kier alpha value is -3.51. The molecule has 1 N–H and O–H groups in total. The number of nitrogens with zero attached hydrogens (tertiary/aromatic N) is 2. The first-order valence-electron chi connectivity index (χ1n) is 10.8. The molecule has 1 heterocycles. The average molecular weight is 428 g/mol. The van der Waals surface area contributed by atoms with E-state index in [4.69, 9.17) is 9.73 Å². The molecule has 6 nitrogen and oxygen atoms in total. The van der Waals surface area contributed by atoms with E-state index >= 15 is 0 Å². The van der Waals surface area contributed by atoms with E-state index in [1.807, 2.05) is 45.3 Å². The van der Waals surface area contributed by atoms with E-state index in [9.17, 15) is 9.59 Å². The second-order valence-corrected chi connectivity index (χ2v) is 8.62. The van der Waals surface area contributed by atoms with Crippen LogP contribution in [0.15, 0.2) is 70.4 Å².